The molecule has 232 valence electrons. The largest absolute Gasteiger partial charge is 0.417 e. The van der Waals surface area contributed by atoms with Crippen LogP contribution in [0.15, 0.2) is 42.5 Å². The highest BCUT2D eigenvalue weighted by molar-refractivity contribution is 6.31. The molecule has 4 nitrogen and oxygen atoms in total. The van der Waals surface area contributed by atoms with Crippen LogP contribution in [0.25, 0.3) is 5.83 Å². The maximum atomic E-state index is 14.9. The monoisotopic (exact) mass is 646 g/mol. The second kappa shape index (κ2) is 12.4. The van der Waals surface area contributed by atoms with E-state index < -0.39 is 93.7 Å². The van der Waals surface area contributed by atoms with Crippen molar-refractivity contribution >= 4 is 29.2 Å². The maximum absolute atomic E-state index is 14.9. The molecule has 0 aliphatic carbocycles. The summed E-state index contributed by atoms with van der Waals surface area (Å²) in [6.07, 6.45) is -20.8. The van der Waals surface area contributed by atoms with Crippen molar-refractivity contribution in [3.8, 4) is 0 Å². The standard InChI is InChI=1S/C24H16ClF13N2O2/c1-10(19(41)39-9-21(27,28)29)40-20(42)13-4-2-12(6-16(13)24(36,37)38)18(26)8-15(23(33,34)35)11-3-5-14(17(25)7-11)22(30,31)32/h2-8,10,15H,9H2,1H3,(H,39,41)(H,40,42)/b18-8-. The fraction of sp³-hybridized carbons (Fsp3) is 0.333. The normalized spacial score (nSPS) is 14.8. The minimum atomic E-state index is -5.42. The fourth-order valence-electron chi connectivity index (χ4n) is 3.38. The van der Waals surface area contributed by atoms with Gasteiger partial charge in [0.25, 0.3) is 5.91 Å². The number of rotatable bonds is 7. The van der Waals surface area contributed by atoms with E-state index in [1.807, 2.05) is 0 Å². The number of alkyl halides is 12. The lowest BCUT2D eigenvalue weighted by Gasteiger charge is -2.20. The van der Waals surface area contributed by atoms with Gasteiger partial charge in [-0.2, -0.15) is 52.7 Å². The zero-order valence-electron chi connectivity index (χ0n) is 20.5. The van der Waals surface area contributed by atoms with Gasteiger partial charge in [0.05, 0.1) is 21.7 Å². The Hall–Kier alpha value is -3.50. The van der Waals surface area contributed by atoms with Crippen LogP contribution in [-0.2, 0) is 17.1 Å². The fourth-order valence-corrected chi connectivity index (χ4v) is 3.68. The van der Waals surface area contributed by atoms with E-state index >= 15 is 0 Å². The first kappa shape index (κ1) is 34.7. The molecule has 0 spiro atoms. The molecule has 0 aromatic heterocycles. The van der Waals surface area contributed by atoms with E-state index in [1.165, 1.54) is 5.32 Å². The number of carbonyl (C=O) groups excluding carboxylic acids is 2. The molecular weight excluding hydrogens is 631 g/mol. The molecule has 0 fully saturated rings. The number of allylic oxidation sites excluding steroid dienone is 1. The summed E-state index contributed by atoms with van der Waals surface area (Å²) in [6, 6.07) is -0.162. The molecule has 42 heavy (non-hydrogen) atoms. The molecule has 0 saturated heterocycles. The lowest BCUT2D eigenvalue weighted by Crippen LogP contribution is -2.47. The van der Waals surface area contributed by atoms with Gasteiger partial charge >= 0.3 is 24.7 Å². The molecule has 0 heterocycles. The molecule has 2 aromatic carbocycles. The van der Waals surface area contributed by atoms with Crippen molar-refractivity contribution in [2.75, 3.05) is 6.54 Å². The van der Waals surface area contributed by atoms with Crippen LogP contribution < -0.4 is 10.6 Å². The Morgan fingerprint density at radius 2 is 1.43 bits per heavy atom. The number of halogens is 14. The second-order valence-electron chi connectivity index (χ2n) is 8.56. The van der Waals surface area contributed by atoms with E-state index in [0.717, 1.165) is 6.92 Å². The Morgan fingerprint density at radius 3 is 1.90 bits per heavy atom. The third-order valence-corrected chi connectivity index (χ3v) is 5.69. The van der Waals surface area contributed by atoms with Gasteiger partial charge < -0.3 is 10.6 Å². The van der Waals surface area contributed by atoms with Gasteiger partial charge in [0.15, 0.2) is 0 Å². The molecule has 0 aliphatic rings. The topological polar surface area (TPSA) is 58.2 Å². The van der Waals surface area contributed by atoms with Gasteiger partial charge in [0, 0.05) is 5.56 Å². The van der Waals surface area contributed by atoms with Crippen molar-refractivity contribution in [2.24, 2.45) is 0 Å². The summed E-state index contributed by atoms with van der Waals surface area (Å²) in [5, 5.41) is 1.96. The number of nitrogens with one attached hydrogen (secondary N) is 2. The summed E-state index contributed by atoms with van der Waals surface area (Å²) >= 11 is 5.43. The average molecular weight is 647 g/mol. The lowest BCUT2D eigenvalue weighted by atomic mass is 9.94. The molecule has 2 amide bonds. The second-order valence-corrected chi connectivity index (χ2v) is 8.96. The molecule has 0 aliphatic heterocycles. The van der Waals surface area contributed by atoms with Gasteiger partial charge in [-0.15, -0.1) is 0 Å². The molecule has 2 rings (SSSR count). The summed E-state index contributed by atoms with van der Waals surface area (Å²) in [6.45, 7) is -0.962. The van der Waals surface area contributed by atoms with Gasteiger partial charge in [-0.25, -0.2) is 4.39 Å². The van der Waals surface area contributed by atoms with Crippen molar-refractivity contribution in [3.63, 3.8) is 0 Å². The summed E-state index contributed by atoms with van der Waals surface area (Å²) in [7, 11) is 0. The molecule has 2 N–H and O–H groups in total. The summed E-state index contributed by atoms with van der Waals surface area (Å²) in [5.74, 6) is -7.93. The van der Waals surface area contributed by atoms with E-state index in [2.05, 4.69) is 0 Å². The van der Waals surface area contributed by atoms with Gasteiger partial charge in [0.1, 0.15) is 24.3 Å². The minimum Gasteiger partial charge on any atom is -0.345 e. The van der Waals surface area contributed by atoms with E-state index in [4.69, 9.17) is 11.6 Å². The number of carbonyl (C=O) groups is 2. The zero-order chi connectivity index (χ0) is 32.4. The molecule has 2 aromatic rings. The highest BCUT2D eigenvalue weighted by Gasteiger charge is 2.42. The third-order valence-electron chi connectivity index (χ3n) is 5.37. The number of hydrogen-bond acceptors (Lipinski definition) is 2. The average Bonchev–Trinajstić information content (AvgIpc) is 2.82. The minimum absolute atomic E-state index is 0.0394. The lowest BCUT2D eigenvalue weighted by molar-refractivity contribution is -0.140. The van der Waals surface area contributed by atoms with Gasteiger partial charge in [-0.1, -0.05) is 23.7 Å². The Bertz CT molecular complexity index is 1350. The molecule has 0 radical (unpaired) electrons. The Balaban J connectivity index is 2.46. The van der Waals surface area contributed by atoms with Gasteiger partial charge in [0.2, 0.25) is 5.91 Å². The van der Waals surface area contributed by atoms with Crippen molar-refractivity contribution in [1.82, 2.24) is 10.6 Å². The molecule has 2 unspecified atom stereocenters. The first-order valence-electron chi connectivity index (χ1n) is 11.1. The van der Waals surface area contributed by atoms with E-state index in [1.54, 1.807) is 5.32 Å². The van der Waals surface area contributed by atoms with Gasteiger partial charge in [-0.05, 0) is 42.8 Å². The Kier molecular flexibility index (Phi) is 10.2. The summed E-state index contributed by atoms with van der Waals surface area (Å²) in [4.78, 5) is 24.1. The molecule has 18 heteroatoms. The smallest absolute Gasteiger partial charge is 0.345 e. The van der Waals surface area contributed by atoms with Crippen LogP contribution in [-0.4, -0.2) is 36.8 Å². The van der Waals surface area contributed by atoms with Crippen molar-refractivity contribution < 1.29 is 66.7 Å². The quantitative estimate of drug-likeness (QED) is 0.302. The van der Waals surface area contributed by atoms with Crippen LogP contribution in [0.2, 0.25) is 5.02 Å². The zero-order valence-corrected chi connectivity index (χ0v) is 21.3. The highest BCUT2D eigenvalue weighted by atomic mass is 35.5. The molecule has 0 saturated carbocycles. The highest BCUT2D eigenvalue weighted by Crippen LogP contribution is 2.42. The predicted octanol–water partition coefficient (Wildman–Crippen LogP) is 7.83. The van der Waals surface area contributed by atoms with Gasteiger partial charge in [-0.3, -0.25) is 9.59 Å². The van der Waals surface area contributed by atoms with E-state index in [9.17, 15) is 66.7 Å². The molecular formula is C24H16ClF13N2O2. The Morgan fingerprint density at radius 1 is 0.857 bits per heavy atom. The summed E-state index contributed by atoms with van der Waals surface area (Å²) in [5.41, 5.74) is -6.72. The molecule has 2 atom stereocenters. The summed E-state index contributed by atoms with van der Waals surface area (Å²) < 4.78 is 172. The maximum Gasteiger partial charge on any atom is 0.417 e. The first-order chi connectivity index (χ1) is 18.9. The van der Waals surface area contributed by atoms with E-state index in [-0.39, 0.29) is 24.3 Å². The Labute approximate surface area is 232 Å². The van der Waals surface area contributed by atoms with Crippen molar-refractivity contribution in [1.29, 1.82) is 0 Å². The first-order valence-corrected chi connectivity index (χ1v) is 11.5. The predicted molar refractivity (Wildman–Crippen MR) is 122 cm³/mol. The SMILES string of the molecule is CC(NC(=O)c1ccc(/C(F)=C/C(c2ccc(C(F)(F)F)c(Cl)c2)C(F)(F)F)cc1C(F)(F)F)C(=O)NCC(F)(F)F. The van der Waals surface area contributed by atoms with Crippen LogP contribution >= 0.6 is 11.6 Å². The molecule has 0 bridgehead atoms. The van der Waals surface area contributed by atoms with Crippen LogP contribution in [0.4, 0.5) is 57.1 Å². The van der Waals surface area contributed by atoms with Crippen LogP contribution in [0.1, 0.15) is 45.5 Å². The van der Waals surface area contributed by atoms with Crippen molar-refractivity contribution in [3.05, 3.63) is 75.3 Å². The van der Waals surface area contributed by atoms with Crippen molar-refractivity contribution in [2.45, 2.75) is 43.6 Å². The van der Waals surface area contributed by atoms with Crippen LogP contribution in [0, 0.1) is 0 Å². The number of amides is 2. The third kappa shape index (κ3) is 9.25. The number of hydrogen-bond donors (Lipinski definition) is 2. The van der Waals surface area contributed by atoms with E-state index in [0.29, 0.717) is 18.2 Å². The van der Waals surface area contributed by atoms with Crippen LogP contribution in [0.3, 0.4) is 0 Å². The number of benzene rings is 2. The van der Waals surface area contributed by atoms with Crippen LogP contribution in [0.5, 0.6) is 0 Å².